The van der Waals surface area contributed by atoms with Gasteiger partial charge in [-0.2, -0.15) is 0 Å². The molecule has 0 fully saturated rings. The van der Waals surface area contributed by atoms with E-state index in [1.807, 2.05) is 54.6 Å². The lowest BCUT2D eigenvalue weighted by atomic mass is 10.1. The zero-order valence-electron chi connectivity index (χ0n) is 11.1. The van der Waals surface area contributed by atoms with Gasteiger partial charge in [0.2, 0.25) is 0 Å². The van der Waals surface area contributed by atoms with Crippen LogP contribution in [0.2, 0.25) is 5.02 Å². The predicted octanol–water partition coefficient (Wildman–Crippen LogP) is 5.51. The van der Waals surface area contributed by atoms with E-state index in [1.54, 1.807) is 0 Å². The summed E-state index contributed by atoms with van der Waals surface area (Å²) in [6.07, 6.45) is 0. The quantitative estimate of drug-likeness (QED) is 0.667. The van der Waals surface area contributed by atoms with Crippen molar-refractivity contribution in [3.05, 3.63) is 69.7 Å². The summed E-state index contributed by atoms with van der Waals surface area (Å²) < 4.78 is 6.97. The molecule has 0 saturated carbocycles. The number of hydrogen-bond donors (Lipinski definition) is 1. The van der Waals surface area contributed by atoms with Crippen molar-refractivity contribution in [2.45, 2.75) is 6.54 Å². The minimum absolute atomic E-state index is 0.469. The van der Waals surface area contributed by atoms with Gasteiger partial charge in [0.15, 0.2) is 0 Å². The van der Waals surface area contributed by atoms with Gasteiger partial charge in [0.05, 0.1) is 0 Å². The summed E-state index contributed by atoms with van der Waals surface area (Å²) in [7, 11) is 0. The highest BCUT2D eigenvalue weighted by Crippen LogP contribution is 2.35. The Labute approximate surface area is 136 Å². The monoisotopic (exact) mass is 361 g/mol. The molecular weight excluding hydrogens is 350 g/mol. The third kappa shape index (κ3) is 3.05. The summed E-state index contributed by atoms with van der Waals surface area (Å²) in [5.41, 5.74) is 6.71. The van der Waals surface area contributed by atoms with Gasteiger partial charge in [-0.3, -0.25) is 0 Å². The van der Waals surface area contributed by atoms with Crippen LogP contribution in [0, 0.1) is 0 Å². The van der Waals surface area contributed by atoms with E-state index in [-0.39, 0.29) is 0 Å². The van der Waals surface area contributed by atoms with Crippen molar-refractivity contribution in [2.75, 3.05) is 0 Å². The fourth-order valence-electron chi connectivity index (χ4n) is 2.25. The molecule has 4 heteroatoms. The fraction of sp³-hybridized carbons (Fsp3) is 0.0588. The van der Waals surface area contributed by atoms with Gasteiger partial charge < -0.3 is 10.5 Å². The summed E-state index contributed by atoms with van der Waals surface area (Å²) in [6, 6.07) is 17.5. The summed E-state index contributed by atoms with van der Waals surface area (Å²) >= 11 is 9.70. The maximum Gasteiger partial charge on any atom is 0.135 e. The Bertz CT molecular complexity index is 804. The van der Waals surface area contributed by atoms with Crippen LogP contribution in [0.5, 0.6) is 11.5 Å². The first-order valence-electron chi connectivity index (χ1n) is 6.52. The smallest absolute Gasteiger partial charge is 0.135 e. The topological polar surface area (TPSA) is 35.2 Å². The van der Waals surface area contributed by atoms with Crippen LogP contribution in [0.1, 0.15) is 5.56 Å². The van der Waals surface area contributed by atoms with E-state index in [9.17, 15) is 0 Å². The molecule has 2 nitrogen and oxygen atoms in total. The van der Waals surface area contributed by atoms with Crippen molar-refractivity contribution in [1.82, 2.24) is 0 Å². The summed E-state index contributed by atoms with van der Waals surface area (Å²) in [5, 5.41) is 2.68. The molecule has 106 valence electrons. The van der Waals surface area contributed by atoms with Crippen LogP contribution in [0.25, 0.3) is 10.8 Å². The molecule has 0 radical (unpaired) electrons. The maximum atomic E-state index is 6.23. The van der Waals surface area contributed by atoms with Crippen LogP contribution in [0.15, 0.2) is 59.1 Å². The Morgan fingerprint density at radius 1 is 1.00 bits per heavy atom. The molecule has 2 N–H and O–H groups in total. The van der Waals surface area contributed by atoms with E-state index in [1.165, 1.54) is 0 Å². The third-order valence-corrected chi connectivity index (χ3v) is 4.01. The van der Waals surface area contributed by atoms with Gasteiger partial charge in [0, 0.05) is 26.8 Å². The zero-order chi connectivity index (χ0) is 14.8. The van der Waals surface area contributed by atoms with Crippen molar-refractivity contribution >= 4 is 38.3 Å². The Kier molecular flexibility index (Phi) is 4.15. The largest absolute Gasteiger partial charge is 0.457 e. The lowest BCUT2D eigenvalue weighted by Crippen LogP contribution is -1.96. The molecule has 3 aromatic rings. The van der Waals surface area contributed by atoms with Gasteiger partial charge in [-0.25, -0.2) is 0 Å². The Balaban J connectivity index is 2.06. The molecule has 0 atom stereocenters. The van der Waals surface area contributed by atoms with Crippen molar-refractivity contribution in [3.63, 3.8) is 0 Å². The lowest BCUT2D eigenvalue weighted by Gasteiger charge is -2.11. The Morgan fingerprint density at radius 3 is 2.52 bits per heavy atom. The van der Waals surface area contributed by atoms with Crippen molar-refractivity contribution in [3.8, 4) is 11.5 Å². The van der Waals surface area contributed by atoms with Gasteiger partial charge in [0.25, 0.3) is 0 Å². The maximum absolute atomic E-state index is 6.23. The van der Waals surface area contributed by atoms with E-state index in [2.05, 4.69) is 15.9 Å². The first-order valence-corrected chi connectivity index (χ1v) is 7.69. The van der Waals surface area contributed by atoms with E-state index in [0.29, 0.717) is 6.54 Å². The second kappa shape index (κ2) is 6.06. The molecule has 0 aliphatic heterocycles. The number of benzene rings is 3. The van der Waals surface area contributed by atoms with Crippen LogP contribution in [-0.2, 0) is 6.54 Å². The van der Waals surface area contributed by atoms with Crippen molar-refractivity contribution in [2.24, 2.45) is 5.73 Å². The molecule has 0 saturated heterocycles. The van der Waals surface area contributed by atoms with Gasteiger partial charge in [-0.1, -0.05) is 51.8 Å². The molecule has 0 unspecified atom stereocenters. The molecule has 0 aliphatic carbocycles. The number of fused-ring (bicyclic) bond motifs is 1. The van der Waals surface area contributed by atoms with E-state index in [4.69, 9.17) is 22.1 Å². The number of hydrogen-bond acceptors (Lipinski definition) is 2. The van der Waals surface area contributed by atoms with Crippen molar-refractivity contribution < 1.29 is 4.74 Å². The molecule has 0 amide bonds. The van der Waals surface area contributed by atoms with E-state index >= 15 is 0 Å². The molecular formula is C17H13BrClNO. The normalized spacial score (nSPS) is 10.8. The summed E-state index contributed by atoms with van der Waals surface area (Å²) in [5.74, 6) is 1.52. The zero-order valence-corrected chi connectivity index (χ0v) is 13.5. The molecule has 3 aromatic carbocycles. The second-order valence-electron chi connectivity index (χ2n) is 4.69. The standard InChI is InChI=1S/C17H13BrClNO/c18-12-7-11(10-20)8-13(9-12)21-17-6-5-16(19)14-3-1-2-4-15(14)17/h1-9H,10,20H2. The Hall–Kier alpha value is -1.55. The SMILES string of the molecule is NCc1cc(Br)cc(Oc2ccc(Cl)c3ccccc23)c1. The number of nitrogens with two attached hydrogens (primary N) is 1. The molecule has 0 aliphatic rings. The number of ether oxygens (including phenoxy) is 1. The molecule has 0 aromatic heterocycles. The first kappa shape index (κ1) is 14.4. The first-order chi connectivity index (χ1) is 10.2. The van der Waals surface area contributed by atoms with Crippen LogP contribution < -0.4 is 10.5 Å². The van der Waals surface area contributed by atoms with Crippen molar-refractivity contribution in [1.29, 1.82) is 0 Å². The number of rotatable bonds is 3. The third-order valence-electron chi connectivity index (χ3n) is 3.23. The average Bonchev–Trinajstić information content (AvgIpc) is 2.50. The second-order valence-corrected chi connectivity index (χ2v) is 6.02. The molecule has 0 heterocycles. The summed E-state index contributed by atoms with van der Waals surface area (Å²) in [6.45, 7) is 0.469. The minimum atomic E-state index is 0.469. The van der Waals surface area contributed by atoms with Crippen LogP contribution in [-0.4, -0.2) is 0 Å². The highest BCUT2D eigenvalue weighted by Gasteiger charge is 2.07. The minimum Gasteiger partial charge on any atom is -0.457 e. The number of halogens is 2. The van der Waals surface area contributed by atoms with E-state index in [0.717, 1.165) is 37.3 Å². The van der Waals surface area contributed by atoms with Gasteiger partial charge in [-0.15, -0.1) is 0 Å². The van der Waals surface area contributed by atoms with Crippen LogP contribution in [0.4, 0.5) is 0 Å². The summed E-state index contributed by atoms with van der Waals surface area (Å²) in [4.78, 5) is 0. The molecule has 3 rings (SSSR count). The fourth-order valence-corrected chi connectivity index (χ4v) is 3.00. The predicted molar refractivity (Wildman–Crippen MR) is 91.1 cm³/mol. The van der Waals surface area contributed by atoms with Gasteiger partial charge in [0.1, 0.15) is 11.5 Å². The van der Waals surface area contributed by atoms with Gasteiger partial charge >= 0.3 is 0 Å². The molecule has 21 heavy (non-hydrogen) atoms. The van der Waals surface area contributed by atoms with Crippen LogP contribution >= 0.6 is 27.5 Å². The highest BCUT2D eigenvalue weighted by atomic mass is 79.9. The molecule has 0 bridgehead atoms. The van der Waals surface area contributed by atoms with Gasteiger partial charge in [-0.05, 0) is 35.9 Å². The van der Waals surface area contributed by atoms with E-state index < -0.39 is 0 Å². The molecule has 0 spiro atoms. The Morgan fingerprint density at radius 2 is 1.76 bits per heavy atom. The highest BCUT2D eigenvalue weighted by molar-refractivity contribution is 9.10. The van der Waals surface area contributed by atoms with Crippen LogP contribution in [0.3, 0.4) is 0 Å². The average molecular weight is 363 g/mol. The lowest BCUT2D eigenvalue weighted by molar-refractivity contribution is 0.487.